The normalized spacial score (nSPS) is 9.81. The molecule has 2 aromatic rings. The maximum Gasteiger partial charge on any atom is 0.311 e. The number of nitrogens with zero attached hydrogens (tertiary/aromatic N) is 1. The first-order valence-corrected chi connectivity index (χ1v) is 6.98. The Bertz CT molecular complexity index is 712. The molecule has 0 aliphatic rings. The number of nitro groups is 1. The molecule has 0 spiro atoms. The Morgan fingerprint density at radius 2 is 2.19 bits per heavy atom. The highest BCUT2D eigenvalue weighted by Crippen LogP contribution is 2.29. The zero-order chi connectivity index (χ0) is 15.2. The van der Waals surface area contributed by atoms with Gasteiger partial charge in [0.05, 0.1) is 9.80 Å². The van der Waals surface area contributed by atoms with Gasteiger partial charge in [0, 0.05) is 10.9 Å². The van der Waals surface area contributed by atoms with E-state index in [1.807, 2.05) is 12.1 Å². The molecule has 2 rings (SSSR count). The summed E-state index contributed by atoms with van der Waals surface area (Å²) in [6.07, 6.45) is 0. The van der Waals surface area contributed by atoms with Gasteiger partial charge >= 0.3 is 5.69 Å². The van der Waals surface area contributed by atoms with Crippen LogP contribution < -0.4 is 4.74 Å². The minimum Gasteiger partial charge on any atom is -0.481 e. The number of hydrogen-bond donors (Lipinski definition) is 1. The second-order valence-electron chi connectivity index (χ2n) is 4.24. The van der Waals surface area contributed by atoms with E-state index in [4.69, 9.17) is 9.84 Å². The Hall–Kier alpha value is -2.36. The topological polar surface area (TPSA) is 72.6 Å². The molecule has 1 N–H and O–H groups in total. The van der Waals surface area contributed by atoms with Crippen LogP contribution in [-0.2, 0) is 6.61 Å². The summed E-state index contributed by atoms with van der Waals surface area (Å²) in [6.45, 7) is 1.86. The number of nitro benzene ring substituents is 1. The molecule has 0 atom stereocenters. The van der Waals surface area contributed by atoms with Gasteiger partial charge in [-0.05, 0) is 30.7 Å². The molecular weight excluding hydrogens is 290 g/mol. The number of aryl methyl sites for hydroxylation is 1. The molecule has 0 unspecified atom stereocenters. The SMILES string of the molecule is Cc1ccc(OCc2ccc(C#CCO)s2)c([N+](=O)[O-])c1. The number of rotatable bonds is 4. The molecule has 0 amide bonds. The minimum atomic E-state index is -0.449. The lowest BCUT2D eigenvalue weighted by molar-refractivity contribution is -0.386. The highest BCUT2D eigenvalue weighted by atomic mass is 32.1. The van der Waals surface area contributed by atoms with Crippen molar-refractivity contribution < 1.29 is 14.8 Å². The Morgan fingerprint density at radius 1 is 1.38 bits per heavy atom. The molecule has 1 aromatic carbocycles. The number of benzene rings is 1. The first kappa shape index (κ1) is 15.0. The molecular formula is C15H13NO4S. The van der Waals surface area contributed by atoms with Crippen molar-refractivity contribution in [3.63, 3.8) is 0 Å². The molecule has 0 aliphatic carbocycles. The van der Waals surface area contributed by atoms with Crippen LogP contribution in [0.5, 0.6) is 5.75 Å². The molecule has 5 nitrogen and oxygen atoms in total. The van der Waals surface area contributed by atoms with Crippen molar-refractivity contribution in [3.8, 4) is 17.6 Å². The van der Waals surface area contributed by atoms with Crippen LogP contribution in [0.4, 0.5) is 5.69 Å². The van der Waals surface area contributed by atoms with Gasteiger partial charge in [-0.15, -0.1) is 11.3 Å². The molecule has 0 radical (unpaired) electrons. The van der Waals surface area contributed by atoms with Gasteiger partial charge in [-0.2, -0.15) is 0 Å². The first-order chi connectivity index (χ1) is 10.1. The summed E-state index contributed by atoms with van der Waals surface area (Å²) >= 11 is 1.43. The van der Waals surface area contributed by atoms with Crippen LogP contribution in [-0.4, -0.2) is 16.6 Å². The van der Waals surface area contributed by atoms with Crippen LogP contribution in [0, 0.1) is 28.9 Å². The van der Waals surface area contributed by atoms with Crippen LogP contribution in [0.15, 0.2) is 30.3 Å². The van der Waals surface area contributed by atoms with E-state index in [0.29, 0.717) is 0 Å². The highest BCUT2D eigenvalue weighted by Gasteiger charge is 2.15. The summed E-state index contributed by atoms with van der Waals surface area (Å²) in [6, 6.07) is 8.55. The Kier molecular flexibility index (Phi) is 4.93. The lowest BCUT2D eigenvalue weighted by atomic mass is 10.2. The van der Waals surface area contributed by atoms with E-state index in [2.05, 4.69) is 11.8 Å². The standard InChI is InChI=1S/C15H13NO4S/c1-11-4-7-15(14(9-11)16(18)19)20-10-13-6-5-12(21-13)3-2-8-17/h4-7,9,17H,8,10H2,1H3. The molecule has 6 heteroatoms. The van der Waals surface area contributed by atoms with Gasteiger partial charge in [0.1, 0.15) is 13.2 Å². The third-order valence-electron chi connectivity index (χ3n) is 2.63. The number of hydrogen-bond acceptors (Lipinski definition) is 5. The smallest absolute Gasteiger partial charge is 0.311 e. The number of aliphatic hydroxyl groups excluding tert-OH is 1. The zero-order valence-electron chi connectivity index (χ0n) is 11.3. The first-order valence-electron chi connectivity index (χ1n) is 6.16. The Morgan fingerprint density at radius 3 is 2.90 bits per heavy atom. The summed E-state index contributed by atoms with van der Waals surface area (Å²) in [7, 11) is 0. The highest BCUT2D eigenvalue weighted by molar-refractivity contribution is 7.12. The van der Waals surface area contributed by atoms with E-state index in [-0.39, 0.29) is 24.7 Å². The van der Waals surface area contributed by atoms with Gasteiger partial charge < -0.3 is 9.84 Å². The predicted octanol–water partition coefficient (Wildman–Crippen LogP) is 2.89. The molecule has 1 heterocycles. The van der Waals surface area contributed by atoms with Crippen molar-refractivity contribution in [1.29, 1.82) is 0 Å². The van der Waals surface area contributed by atoms with Gasteiger partial charge in [0.15, 0.2) is 5.75 Å². The number of thiophene rings is 1. The van der Waals surface area contributed by atoms with E-state index in [1.54, 1.807) is 19.1 Å². The van der Waals surface area contributed by atoms with Gasteiger partial charge in [-0.3, -0.25) is 10.1 Å². The van der Waals surface area contributed by atoms with Gasteiger partial charge in [-0.25, -0.2) is 0 Å². The van der Waals surface area contributed by atoms with E-state index in [0.717, 1.165) is 15.3 Å². The fourth-order valence-electron chi connectivity index (χ4n) is 1.69. The zero-order valence-corrected chi connectivity index (χ0v) is 12.1. The number of aliphatic hydroxyl groups is 1. The largest absolute Gasteiger partial charge is 0.481 e. The lowest BCUT2D eigenvalue weighted by Crippen LogP contribution is -1.98. The van der Waals surface area contributed by atoms with E-state index in [1.165, 1.54) is 17.4 Å². The molecule has 0 saturated heterocycles. The third kappa shape index (κ3) is 4.05. The van der Waals surface area contributed by atoms with E-state index < -0.39 is 4.92 Å². The van der Waals surface area contributed by atoms with Crippen molar-refractivity contribution in [2.75, 3.05) is 6.61 Å². The van der Waals surface area contributed by atoms with Gasteiger partial charge in [-0.1, -0.05) is 17.9 Å². The van der Waals surface area contributed by atoms with Crippen molar-refractivity contribution in [3.05, 3.63) is 55.8 Å². The Balaban J connectivity index is 2.09. The van der Waals surface area contributed by atoms with Gasteiger partial charge in [0.25, 0.3) is 0 Å². The molecule has 1 aromatic heterocycles. The average molecular weight is 303 g/mol. The summed E-state index contributed by atoms with van der Waals surface area (Å²) in [4.78, 5) is 12.3. The van der Waals surface area contributed by atoms with Crippen LogP contribution in [0.1, 0.15) is 15.3 Å². The Labute approximate surface area is 126 Å². The second kappa shape index (κ2) is 6.88. The summed E-state index contributed by atoms with van der Waals surface area (Å²) in [5.41, 5.74) is 0.776. The monoisotopic (exact) mass is 303 g/mol. The second-order valence-corrected chi connectivity index (χ2v) is 5.41. The average Bonchev–Trinajstić information content (AvgIpc) is 2.91. The molecule has 108 valence electrons. The summed E-state index contributed by atoms with van der Waals surface area (Å²) in [5.74, 6) is 5.62. The molecule has 21 heavy (non-hydrogen) atoms. The predicted molar refractivity (Wildman–Crippen MR) is 80.4 cm³/mol. The van der Waals surface area contributed by atoms with Crippen molar-refractivity contribution in [2.45, 2.75) is 13.5 Å². The van der Waals surface area contributed by atoms with E-state index in [9.17, 15) is 10.1 Å². The van der Waals surface area contributed by atoms with Crippen LogP contribution in [0.2, 0.25) is 0 Å². The van der Waals surface area contributed by atoms with E-state index >= 15 is 0 Å². The fraction of sp³-hybridized carbons (Fsp3) is 0.200. The van der Waals surface area contributed by atoms with Crippen LogP contribution >= 0.6 is 11.3 Å². The van der Waals surface area contributed by atoms with Crippen molar-refractivity contribution >= 4 is 17.0 Å². The van der Waals surface area contributed by atoms with Crippen LogP contribution in [0.3, 0.4) is 0 Å². The van der Waals surface area contributed by atoms with Crippen molar-refractivity contribution in [2.24, 2.45) is 0 Å². The maximum absolute atomic E-state index is 11.0. The summed E-state index contributed by atoms with van der Waals surface area (Å²) in [5, 5.41) is 19.6. The minimum absolute atomic E-state index is 0.0353. The fourth-order valence-corrected chi connectivity index (χ4v) is 2.49. The third-order valence-corrected chi connectivity index (χ3v) is 3.61. The molecule has 0 fully saturated rings. The lowest BCUT2D eigenvalue weighted by Gasteiger charge is -2.05. The quantitative estimate of drug-likeness (QED) is 0.535. The van der Waals surface area contributed by atoms with Crippen molar-refractivity contribution in [1.82, 2.24) is 0 Å². The molecule has 0 aliphatic heterocycles. The number of ether oxygens (including phenoxy) is 1. The molecule has 0 bridgehead atoms. The maximum atomic E-state index is 11.0. The van der Waals surface area contributed by atoms with Crippen LogP contribution in [0.25, 0.3) is 0 Å². The van der Waals surface area contributed by atoms with Gasteiger partial charge in [0.2, 0.25) is 0 Å². The molecule has 0 saturated carbocycles. The summed E-state index contributed by atoms with van der Waals surface area (Å²) < 4.78 is 5.53.